The molecular formula is C25H17N3O3S2. The molecule has 8 heteroatoms. The smallest absolute Gasteiger partial charge is 0.258 e. The highest BCUT2D eigenvalue weighted by Gasteiger charge is 2.17. The molecular weight excluding hydrogens is 454 g/mol. The number of pyridine rings is 1. The number of nitrogens with zero attached hydrogens (tertiary/aromatic N) is 2. The molecule has 3 aromatic heterocycles. The van der Waals surface area contributed by atoms with Gasteiger partial charge in [0, 0.05) is 16.3 Å². The first-order valence-electron chi connectivity index (χ1n) is 10.4. The van der Waals surface area contributed by atoms with Gasteiger partial charge < -0.3 is 9.47 Å². The first-order chi connectivity index (χ1) is 16.2. The lowest BCUT2D eigenvalue weighted by atomic mass is 10.1. The van der Waals surface area contributed by atoms with Gasteiger partial charge in [-0.2, -0.15) is 0 Å². The summed E-state index contributed by atoms with van der Waals surface area (Å²) in [6, 6.07) is 19.2. The Labute approximate surface area is 197 Å². The Morgan fingerprint density at radius 3 is 2.64 bits per heavy atom. The van der Waals surface area contributed by atoms with Crippen molar-refractivity contribution in [2.45, 2.75) is 0 Å². The van der Waals surface area contributed by atoms with Crippen molar-refractivity contribution in [3.8, 4) is 33.3 Å². The van der Waals surface area contributed by atoms with Crippen LogP contribution in [0.15, 0.2) is 71.4 Å². The molecule has 0 saturated carbocycles. The second-order valence-corrected chi connectivity index (χ2v) is 9.21. The van der Waals surface area contributed by atoms with Crippen LogP contribution in [-0.4, -0.2) is 29.1 Å². The van der Waals surface area contributed by atoms with Crippen molar-refractivity contribution < 1.29 is 14.3 Å². The lowest BCUT2D eigenvalue weighted by molar-refractivity contribution is 0.102. The number of rotatable bonds is 4. The molecule has 162 valence electrons. The van der Waals surface area contributed by atoms with Crippen molar-refractivity contribution in [3.05, 3.63) is 77.0 Å². The van der Waals surface area contributed by atoms with E-state index < -0.39 is 0 Å². The zero-order valence-electron chi connectivity index (χ0n) is 17.3. The van der Waals surface area contributed by atoms with Crippen LogP contribution in [0, 0.1) is 0 Å². The van der Waals surface area contributed by atoms with E-state index in [0.717, 1.165) is 38.5 Å². The van der Waals surface area contributed by atoms with Crippen molar-refractivity contribution in [1.82, 2.24) is 9.97 Å². The van der Waals surface area contributed by atoms with E-state index in [0.29, 0.717) is 29.7 Å². The third-order valence-corrected chi connectivity index (χ3v) is 6.95. The lowest BCUT2D eigenvalue weighted by Gasteiger charge is -2.18. The molecule has 6 nitrogen and oxygen atoms in total. The molecule has 0 unspecified atom stereocenters. The summed E-state index contributed by atoms with van der Waals surface area (Å²) in [5, 5.41) is 8.22. The molecule has 0 spiro atoms. The van der Waals surface area contributed by atoms with Crippen molar-refractivity contribution >= 4 is 44.6 Å². The number of amides is 1. The van der Waals surface area contributed by atoms with Crippen LogP contribution < -0.4 is 14.8 Å². The number of nitrogens with one attached hydrogen (secondary N) is 1. The highest BCUT2D eigenvalue weighted by atomic mass is 32.1. The molecule has 4 heterocycles. The van der Waals surface area contributed by atoms with Crippen molar-refractivity contribution in [1.29, 1.82) is 0 Å². The number of thiophene rings is 1. The predicted octanol–water partition coefficient (Wildman–Crippen LogP) is 6.11. The number of ether oxygens (including phenoxy) is 2. The van der Waals surface area contributed by atoms with Gasteiger partial charge in [0.25, 0.3) is 5.91 Å². The number of para-hydroxylation sites is 1. The molecule has 33 heavy (non-hydrogen) atoms. The molecule has 0 fully saturated rings. The van der Waals surface area contributed by atoms with Crippen molar-refractivity contribution in [2.24, 2.45) is 0 Å². The quantitative estimate of drug-likeness (QED) is 0.342. The number of carbonyl (C=O) groups excluding carboxylic acids is 1. The first kappa shape index (κ1) is 19.9. The third-order valence-electron chi connectivity index (χ3n) is 5.30. The Morgan fingerprint density at radius 1 is 0.879 bits per heavy atom. The largest absolute Gasteiger partial charge is 0.486 e. The molecule has 1 aliphatic heterocycles. The summed E-state index contributed by atoms with van der Waals surface area (Å²) in [6.07, 6.45) is 0. The van der Waals surface area contributed by atoms with Gasteiger partial charge in [0.05, 0.1) is 27.3 Å². The minimum atomic E-state index is -0.213. The molecule has 0 atom stereocenters. The number of fused-ring (bicyclic) bond motifs is 2. The maximum atomic E-state index is 13.3. The van der Waals surface area contributed by atoms with Crippen LogP contribution in [-0.2, 0) is 0 Å². The van der Waals surface area contributed by atoms with E-state index in [1.807, 2.05) is 71.4 Å². The van der Waals surface area contributed by atoms with Gasteiger partial charge in [0.2, 0.25) is 0 Å². The average Bonchev–Trinajstić information content (AvgIpc) is 3.56. The van der Waals surface area contributed by atoms with Gasteiger partial charge in [-0.1, -0.05) is 24.3 Å². The van der Waals surface area contributed by atoms with Crippen molar-refractivity contribution in [2.75, 3.05) is 18.5 Å². The molecule has 0 aliphatic carbocycles. The summed E-state index contributed by atoms with van der Waals surface area (Å²) in [5.74, 6) is 1.23. The molecule has 0 saturated heterocycles. The standard InChI is InChI=1S/C25H17N3O3S2/c29-24(17-13-19(23-6-3-11-32-23)26-18-5-2-1-4-16(17)18)28-25-27-20(14-33-25)15-7-8-21-22(12-15)31-10-9-30-21/h1-8,11-14H,9-10H2,(H,27,28,29). The van der Waals surface area contributed by atoms with E-state index >= 15 is 0 Å². The lowest BCUT2D eigenvalue weighted by Crippen LogP contribution is -2.15. The maximum Gasteiger partial charge on any atom is 0.258 e. The van der Waals surface area contributed by atoms with Gasteiger partial charge in [-0.25, -0.2) is 9.97 Å². The summed E-state index contributed by atoms with van der Waals surface area (Å²) in [6.45, 7) is 1.08. The van der Waals surface area contributed by atoms with Gasteiger partial charge >= 0.3 is 0 Å². The van der Waals surface area contributed by atoms with E-state index in [-0.39, 0.29) is 5.91 Å². The minimum absolute atomic E-state index is 0.213. The third kappa shape index (κ3) is 3.83. The fourth-order valence-corrected chi connectivity index (χ4v) is 5.15. The van der Waals surface area contributed by atoms with Crippen LogP contribution >= 0.6 is 22.7 Å². The maximum absolute atomic E-state index is 13.3. The average molecular weight is 472 g/mol. The first-order valence-corrected chi connectivity index (χ1v) is 12.1. The molecule has 0 bridgehead atoms. The number of thiazole rings is 1. The number of carbonyl (C=O) groups is 1. The monoisotopic (exact) mass is 471 g/mol. The number of hydrogen-bond donors (Lipinski definition) is 1. The normalized spacial score (nSPS) is 12.6. The number of hydrogen-bond acceptors (Lipinski definition) is 7. The van der Waals surface area contributed by atoms with E-state index in [1.54, 1.807) is 11.3 Å². The fraction of sp³-hybridized carbons (Fsp3) is 0.0800. The Morgan fingerprint density at radius 2 is 1.76 bits per heavy atom. The second-order valence-electron chi connectivity index (χ2n) is 7.40. The summed E-state index contributed by atoms with van der Waals surface area (Å²) >= 11 is 2.98. The van der Waals surface area contributed by atoms with Crippen LogP contribution in [0.25, 0.3) is 32.7 Å². The van der Waals surface area contributed by atoms with Crippen LogP contribution in [0.4, 0.5) is 5.13 Å². The van der Waals surface area contributed by atoms with Gasteiger partial charge in [0.15, 0.2) is 16.6 Å². The Balaban J connectivity index is 1.31. The van der Waals surface area contributed by atoms with Crippen molar-refractivity contribution in [3.63, 3.8) is 0 Å². The highest BCUT2D eigenvalue weighted by molar-refractivity contribution is 7.14. The van der Waals surface area contributed by atoms with Crippen LogP contribution in [0.3, 0.4) is 0 Å². The zero-order valence-corrected chi connectivity index (χ0v) is 18.9. The van der Waals surface area contributed by atoms with Crippen LogP contribution in [0.2, 0.25) is 0 Å². The molecule has 6 rings (SSSR count). The predicted molar refractivity (Wildman–Crippen MR) is 132 cm³/mol. The summed E-state index contributed by atoms with van der Waals surface area (Å²) in [4.78, 5) is 23.7. The van der Waals surface area contributed by atoms with E-state index in [2.05, 4.69) is 10.3 Å². The number of benzene rings is 2. The van der Waals surface area contributed by atoms with E-state index in [9.17, 15) is 4.79 Å². The molecule has 2 aromatic carbocycles. The van der Waals surface area contributed by atoms with E-state index in [1.165, 1.54) is 11.3 Å². The van der Waals surface area contributed by atoms with Crippen LogP contribution in [0.5, 0.6) is 11.5 Å². The summed E-state index contributed by atoms with van der Waals surface area (Å²) in [5.41, 5.74) is 3.81. The van der Waals surface area contributed by atoms with Gasteiger partial charge in [0.1, 0.15) is 13.2 Å². The molecule has 1 N–H and O–H groups in total. The SMILES string of the molecule is O=C(Nc1nc(-c2ccc3c(c2)OCCO3)cs1)c1cc(-c2cccs2)nc2ccccc12. The second kappa shape index (κ2) is 8.31. The Hall–Kier alpha value is -3.75. The van der Waals surface area contributed by atoms with E-state index in [4.69, 9.17) is 14.5 Å². The Kier molecular flexibility index (Phi) is 5.01. The van der Waals surface area contributed by atoms with Gasteiger partial charge in [-0.05, 0) is 41.8 Å². The molecule has 1 aliphatic rings. The van der Waals surface area contributed by atoms with Gasteiger partial charge in [-0.3, -0.25) is 10.1 Å². The zero-order chi connectivity index (χ0) is 22.2. The van der Waals surface area contributed by atoms with Gasteiger partial charge in [-0.15, -0.1) is 22.7 Å². The fourth-order valence-electron chi connectivity index (χ4n) is 3.74. The Bertz CT molecular complexity index is 1480. The summed E-state index contributed by atoms with van der Waals surface area (Å²) < 4.78 is 11.3. The molecule has 1 amide bonds. The van der Waals surface area contributed by atoms with Crippen LogP contribution in [0.1, 0.15) is 10.4 Å². The number of anilines is 1. The number of aromatic nitrogens is 2. The summed E-state index contributed by atoms with van der Waals surface area (Å²) in [7, 11) is 0. The molecule has 5 aromatic rings. The topological polar surface area (TPSA) is 73.3 Å². The molecule has 0 radical (unpaired) electrons. The highest BCUT2D eigenvalue weighted by Crippen LogP contribution is 2.35. The minimum Gasteiger partial charge on any atom is -0.486 e.